The van der Waals surface area contributed by atoms with Gasteiger partial charge in [-0.15, -0.1) is 0 Å². The number of hydrogen-bond donors (Lipinski definition) is 1. The molecule has 1 aromatic heterocycles. The van der Waals surface area contributed by atoms with Crippen LogP contribution < -0.4 is 5.73 Å². The van der Waals surface area contributed by atoms with Gasteiger partial charge in [-0.25, -0.2) is 13.8 Å². The first-order valence-electron chi connectivity index (χ1n) is 5.75. The number of benzene rings is 1. The van der Waals surface area contributed by atoms with Gasteiger partial charge in [-0.2, -0.15) is 0 Å². The first-order chi connectivity index (χ1) is 8.56. The Morgan fingerprint density at radius 2 is 2.00 bits per heavy atom. The maximum absolute atomic E-state index is 13.5. The maximum atomic E-state index is 13.5. The number of imidazole rings is 1. The van der Waals surface area contributed by atoms with E-state index in [0.29, 0.717) is 6.42 Å². The molecule has 1 atom stereocenters. The molecular formula is C13H15F2N3. The largest absolute Gasteiger partial charge is 0.333 e. The lowest BCUT2D eigenvalue weighted by Gasteiger charge is -2.05. The lowest BCUT2D eigenvalue weighted by Crippen LogP contribution is -2.17. The monoisotopic (exact) mass is 251 g/mol. The van der Waals surface area contributed by atoms with E-state index in [1.54, 1.807) is 17.1 Å². The molecule has 0 aliphatic heterocycles. The highest BCUT2D eigenvalue weighted by atomic mass is 19.1. The molecule has 1 aromatic carbocycles. The summed E-state index contributed by atoms with van der Waals surface area (Å²) in [6, 6.07) is 3.86. The molecule has 2 rings (SSSR count). The molecule has 0 radical (unpaired) electrons. The van der Waals surface area contributed by atoms with Crippen molar-refractivity contribution >= 4 is 0 Å². The smallest absolute Gasteiger partial charge is 0.131 e. The molecule has 3 nitrogen and oxygen atoms in total. The fourth-order valence-electron chi connectivity index (χ4n) is 1.79. The quantitative estimate of drug-likeness (QED) is 0.904. The average Bonchev–Trinajstić information content (AvgIpc) is 2.70. The van der Waals surface area contributed by atoms with E-state index in [9.17, 15) is 8.78 Å². The summed E-state index contributed by atoms with van der Waals surface area (Å²) in [6.07, 6.45) is 3.96. The van der Waals surface area contributed by atoms with Crippen molar-refractivity contribution in [2.45, 2.75) is 25.9 Å². The molecule has 2 N–H and O–H groups in total. The number of nitrogens with two attached hydrogens (primary N) is 1. The molecule has 2 aromatic rings. The summed E-state index contributed by atoms with van der Waals surface area (Å²) in [6.45, 7) is 2.01. The Labute approximate surface area is 104 Å². The van der Waals surface area contributed by atoms with Crippen molar-refractivity contribution in [1.82, 2.24) is 9.55 Å². The zero-order chi connectivity index (χ0) is 13.1. The van der Waals surface area contributed by atoms with E-state index < -0.39 is 11.6 Å². The SMILES string of the molecule is CC(N)Cc1cn(Cc2c(F)cccc2F)cn1. The summed E-state index contributed by atoms with van der Waals surface area (Å²) in [5.41, 5.74) is 6.53. The van der Waals surface area contributed by atoms with Gasteiger partial charge >= 0.3 is 0 Å². The molecule has 0 bridgehead atoms. The van der Waals surface area contributed by atoms with Crippen LogP contribution >= 0.6 is 0 Å². The minimum absolute atomic E-state index is 0.0125. The molecule has 96 valence electrons. The fourth-order valence-corrected chi connectivity index (χ4v) is 1.79. The third-order valence-corrected chi connectivity index (χ3v) is 2.62. The first kappa shape index (κ1) is 12.7. The van der Waals surface area contributed by atoms with Crippen LogP contribution in [-0.4, -0.2) is 15.6 Å². The predicted molar refractivity (Wildman–Crippen MR) is 65.0 cm³/mol. The number of aromatic nitrogens is 2. The van der Waals surface area contributed by atoms with Gasteiger partial charge in [0.1, 0.15) is 11.6 Å². The number of nitrogens with zero attached hydrogens (tertiary/aromatic N) is 2. The predicted octanol–water partition coefficient (Wildman–Crippen LogP) is 2.10. The Morgan fingerprint density at radius 3 is 2.61 bits per heavy atom. The van der Waals surface area contributed by atoms with Gasteiger partial charge in [-0.3, -0.25) is 0 Å². The molecule has 1 heterocycles. The van der Waals surface area contributed by atoms with Crippen LogP contribution in [0.4, 0.5) is 8.78 Å². The summed E-state index contributed by atoms with van der Waals surface area (Å²) in [7, 11) is 0. The molecule has 0 aliphatic rings. The van der Waals surface area contributed by atoms with Crippen LogP contribution in [0, 0.1) is 11.6 Å². The Hall–Kier alpha value is -1.75. The van der Waals surface area contributed by atoms with Gasteiger partial charge < -0.3 is 10.3 Å². The lowest BCUT2D eigenvalue weighted by molar-refractivity contribution is 0.544. The van der Waals surface area contributed by atoms with Crippen molar-refractivity contribution in [3.8, 4) is 0 Å². The van der Waals surface area contributed by atoms with Crippen LogP contribution in [0.3, 0.4) is 0 Å². The van der Waals surface area contributed by atoms with Gasteiger partial charge in [-0.1, -0.05) is 6.07 Å². The van der Waals surface area contributed by atoms with Crippen LogP contribution in [-0.2, 0) is 13.0 Å². The van der Waals surface area contributed by atoms with Gasteiger partial charge in [-0.05, 0) is 19.1 Å². The van der Waals surface area contributed by atoms with Gasteiger partial charge in [0, 0.05) is 24.2 Å². The van der Waals surface area contributed by atoms with Crippen molar-refractivity contribution in [1.29, 1.82) is 0 Å². The Balaban J connectivity index is 2.16. The van der Waals surface area contributed by atoms with Gasteiger partial charge in [0.2, 0.25) is 0 Å². The van der Waals surface area contributed by atoms with Crippen molar-refractivity contribution in [2.24, 2.45) is 5.73 Å². The van der Waals surface area contributed by atoms with Gasteiger partial charge in [0.05, 0.1) is 18.6 Å². The summed E-state index contributed by atoms with van der Waals surface area (Å²) in [5, 5.41) is 0. The highest BCUT2D eigenvalue weighted by molar-refractivity contribution is 5.20. The van der Waals surface area contributed by atoms with E-state index in [0.717, 1.165) is 5.69 Å². The normalized spacial score (nSPS) is 12.7. The average molecular weight is 251 g/mol. The van der Waals surface area contributed by atoms with Crippen LogP contribution in [0.5, 0.6) is 0 Å². The van der Waals surface area contributed by atoms with Gasteiger partial charge in [0.15, 0.2) is 0 Å². The lowest BCUT2D eigenvalue weighted by atomic mass is 10.2. The van der Waals surface area contributed by atoms with Crippen LogP contribution in [0.15, 0.2) is 30.7 Å². The van der Waals surface area contributed by atoms with E-state index in [1.807, 2.05) is 6.92 Å². The van der Waals surface area contributed by atoms with Crippen LogP contribution in [0.2, 0.25) is 0 Å². The molecular weight excluding hydrogens is 236 g/mol. The molecule has 0 saturated heterocycles. The zero-order valence-electron chi connectivity index (χ0n) is 10.1. The third-order valence-electron chi connectivity index (χ3n) is 2.62. The number of halogens is 2. The van der Waals surface area contributed by atoms with Crippen LogP contribution in [0.1, 0.15) is 18.2 Å². The standard InChI is InChI=1S/C13H15F2N3/c1-9(16)5-10-6-18(8-17-10)7-11-12(14)3-2-4-13(11)15/h2-4,6,8-9H,5,7,16H2,1H3. The second kappa shape index (κ2) is 5.27. The van der Waals surface area contributed by atoms with Crippen molar-refractivity contribution in [3.63, 3.8) is 0 Å². The van der Waals surface area contributed by atoms with Crippen molar-refractivity contribution in [2.75, 3.05) is 0 Å². The van der Waals surface area contributed by atoms with E-state index in [1.165, 1.54) is 18.2 Å². The molecule has 0 saturated carbocycles. The first-order valence-corrected chi connectivity index (χ1v) is 5.75. The molecule has 0 aliphatic carbocycles. The minimum Gasteiger partial charge on any atom is -0.333 e. The summed E-state index contributed by atoms with van der Waals surface area (Å²) in [5.74, 6) is -1.09. The Bertz CT molecular complexity index is 515. The number of rotatable bonds is 4. The third kappa shape index (κ3) is 2.92. The topological polar surface area (TPSA) is 43.8 Å². The molecule has 5 heteroatoms. The molecule has 0 fully saturated rings. The van der Waals surface area contributed by atoms with E-state index in [2.05, 4.69) is 4.98 Å². The summed E-state index contributed by atoms with van der Waals surface area (Å²) in [4.78, 5) is 4.15. The highest BCUT2D eigenvalue weighted by Crippen LogP contribution is 2.14. The van der Waals surface area contributed by atoms with Crippen molar-refractivity contribution in [3.05, 3.63) is 53.6 Å². The van der Waals surface area contributed by atoms with Crippen molar-refractivity contribution < 1.29 is 8.78 Å². The Kier molecular flexibility index (Phi) is 3.72. The van der Waals surface area contributed by atoms with E-state index in [-0.39, 0.29) is 18.2 Å². The molecule has 18 heavy (non-hydrogen) atoms. The van der Waals surface area contributed by atoms with E-state index >= 15 is 0 Å². The highest BCUT2D eigenvalue weighted by Gasteiger charge is 2.09. The van der Waals surface area contributed by atoms with Crippen LogP contribution in [0.25, 0.3) is 0 Å². The van der Waals surface area contributed by atoms with Gasteiger partial charge in [0.25, 0.3) is 0 Å². The zero-order valence-corrected chi connectivity index (χ0v) is 10.1. The number of hydrogen-bond acceptors (Lipinski definition) is 2. The molecule has 0 amide bonds. The molecule has 1 unspecified atom stereocenters. The van der Waals surface area contributed by atoms with E-state index in [4.69, 9.17) is 5.73 Å². The molecule has 0 spiro atoms. The fraction of sp³-hybridized carbons (Fsp3) is 0.308. The second-order valence-electron chi connectivity index (χ2n) is 4.42. The maximum Gasteiger partial charge on any atom is 0.131 e. The second-order valence-corrected chi connectivity index (χ2v) is 4.42. The summed E-state index contributed by atoms with van der Waals surface area (Å²) >= 11 is 0. The Morgan fingerprint density at radius 1 is 1.33 bits per heavy atom. The minimum atomic E-state index is -0.544. The summed E-state index contributed by atoms with van der Waals surface area (Å²) < 4.78 is 28.6.